The molecule has 0 spiro atoms. The average Bonchev–Trinajstić information content (AvgIpc) is 2.12. The molecule has 1 atom stereocenters. The van der Waals surface area contributed by atoms with Crippen molar-refractivity contribution in [1.82, 2.24) is 0 Å². The fourth-order valence-electron chi connectivity index (χ4n) is 1.72. The summed E-state index contributed by atoms with van der Waals surface area (Å²) < 4.78 is 0. The van der Waals surface area contributed by atoms with Gasteiger partial charge in [-0.3, -0.25) is 0 Å². The highest BCUT2D eigenvalue weighted by Gasteiger charge is 2.14. The van der Waals surface area contributed by atoms with E-state index in [1.807, 2.05) is 0 Å². The molecule has 0 aromatic heterocycles. The molecule has 0 radical (unpaired) electrons. The highest BCUT2D eigenvalue weighted by atomic mass is 15.1. The van der Waals surface area contributed by atoms with Crippen LogP contribution in [0.3, 0.4) is 0 Å². The van der Waals surface area contributed by atoms with Gasteiger partial charge >= 0.3 is 0 Å². The minimum Gasteiger partial charge on any atom is -0.368 e. The van der Waals surface area contributed by atoms with Crippen molar-refractivity contribution < 1.29 is 0 Å². The first-order valence-electron chi connectivity index (χ1n) is 4.70. The zero-order valence-electron chi connectivity index (χ0n) is 8.41. The van der Waals surface area contributed by atoms with Crippen molar-refractivity contribution in [3.05, 3.63) is 35.4 Å². The van der Waals surface area contributed by atoms with Crippen molar-refractivity contribution in [3.63, 3.8) is 0 Å². The molecule has 0 saturated carbocycles. The van der Waals surface area contributed by atoms with E-state index in [4.69, 9.17) is 0 Å². The van der Waals surface area contributed by atoms with E-state index < -0.39 is 0 Å². The van der Waals surface area contributed by atoms with Gasteiger partial charge in [0.1, 0.15) is 0 Å². The second kappa shape index (κ2) is 2.91. The van der Waals surface area contributed by atoms with Crippen molar-refractivity contribution in [1.29, 1.82) is 0 Å². The molecule has 1 heteroatoms. The third-order valence-electron chi connectivity index (χ3n) is 2.73. The van der Waals surface area contributed by atoms with Gasteiger partial charge in [-0.1, -0.05) is 23.8 Å². The highest BCUT2D eigenvalue weighted by molar-refractivity contribution is 5.72. The van der Waals surface area contributed by atoms with Gasteiger partial charge in [-0.2, -0.15) is 0 Å². The third-order valence-corrected chi connectivity index (χ3v) is 2.73. The van der Waals surface area contributed by atoms with Gasteiger partial charge in [-0.05, 0) is 31.5 Å². The Kier molecular flexibility index (Phi) is 1.87. The van der Waals surface area contributed by atoms with Gasteiger partial charge in [0, 0.05) is 18.8 Å². The van der Waals surface area contributed by atoms with Gasteiger partial charge in [0.15, 0.2) is 0 Å². The highest BCUT2D eigenvalue weighted by Crippen LogP contribution is 2.27. The Hall–Kier alpha value is -1.24. The maximum atomic E-state index is 2.30. The Balaban J connectivity index is 2.52. The third kappa shape index (κ3) is 1.35. The molecule has 0 saturated heterocycles. The van der Waals surface area contributed by atoms with Crippen LogP contribution in [0.1, 0.15) is 18.1 Å². The Morgan fingerprint density at radius 2 is 2.08 bits per heavy atom. The van der Waals surface area contributed by atoms with Crippen molar-refractivity contribution in [2.45, 2.75) is 19.9 Å². The molecule has 1 aliphatic rings. The van der Waals surface area contributed by atoms with Crippen molar-refractivity contribution >= 4 is 11.8 Å². The molecule has 1 aliphatic heterocycles. The van der Waals surface area contributed by atoms with Crippen LogP contribution in [0.2, 0.25) is 0 Å². The van der Waals surface area contributed by atoms with E-state index in [9.17, 15) is 0 Å². The normalized spacial score (nSPS) is 20.2. The first kappa shape index (κ1) is 8.36. The van der Waals surface area contributed by atoms with Crippen LogP contribution >= 0.6 is 0 Å². The second-order valence-electron chi connectivity index (χ2n) is 3.77. The number of rotatable bonds is 0. The Bertz CT molecular complexity index is 352. The summed E-state index contributed by atoms with van der Waals surface area (Å²) in [6.45, 7) is 4.34. The Labute approximate surface area is 79.7 Å². The van der Waals surface area contributed by atoms with E-state index in [0.717, 1.165) is 0 Å². The lowest BCUT2D eigenvalue weighted by Gasteiger charge is -2.30. The molecule has 1 aromatic rings. The maximum absolute atomic E-state index is 2.30. The smallest absolute Gasteiger partial charge is 0.0445 e. The Morgan fingerprint density at radius 1 is 1.31 bits per heavy atom. The van der Waals surface area contributed by atoms with Crippen LogP contribution in [0.15, 0.2) is 24.3 Å². The predicted octanol–water partition coefficient (Wildman–Crippen LogP) is 2.85. The fourth-order valence-corrected chi connectivity index (χ4v) is 1.72. The van der Waals surface area contributed by atoms with Crippen LogP contribution in [-0.4, -0.2) is 13.1 Å². The van der Waals surface area contributed by atoms with Crippen molar-refractivity contribution in [2.75, 3.05) is 11.9 Å². The summed E-state index contributed by atoms with van der Waals surface area (Å²) in [5.41, 5.74) is 3.99. The summed E-state index contributed by atoms with van der Waals surface area (Å²) in [6, 6.07) is 7.11. The number of benzene rings is 1. The van der Waals surface area contributed by atoms with E-state index in [1.165, 1.54) is 16.8 Å². The van der Waals surface area contributed by atoms with Crippen molar-refractivity contribution in [2.24, 2.45) is 0 Å². The van der Waals surface area contributed by atoms with Gasteiger partial charge in [0.05, 0.1) is 0 Å². The molecule has 0 fully saturated rings. The zero-order chi connectivity index (χ0) is 9.42. The second-order valence-corrected chi connectivity index (χ2v) is 3.77. The summed E-state index contributed by atoms with van der Waals surface area (Å²) in [7, 11) is 2.14. The molecular formula is C12H15N. The predicted molar refractivity (Wildman–Crippen MR) is 58.1 cm³/mol. The quantitative estimate of drug-likeness (QED) is 0.583. The number of likely N-dealkylation sites (N-methyl/N-ethyl adjacent to an activating group) is 1. The van der Waals surface area contributed by atoms with E-state index in [2.05, 4.69) is 56.1 Å². The Morgan fingerprint density at radius 3 is 2.85 bits per heavy atom. The van der Waals surface area contributed by atoms with Gasteiger partial charge in [-0.25, -0.2) is 0 Å². The maximum Gasteiger partial charge on any atom is 0.0445 e. The lowest BCUT2D eigenvalue weighted by Crippen LogP contribution is -2.29. The van der Waals surface area contributed by atoms with Crippen LogP contribution in [0.5, 0.6) is 0 Å². The topological polar surface area (TPSA) is 3.24 Å². The molecule has 0 bridgehead atoms. The molecule has 0 amide bonds. The SMILES string of the molecule is Cc1ccc2c(c1)C=CC(C)N2C. The molecule has 1 heterocycles. The van der Waals surface area contributed by atoms with E-state index in [1.54, 1.807) is 0 Å². The van der Waals surface area contributed by atoms with Crippen LogP contribution in [0.25, 0.3) is 6.08 Å². The van der Waals surface area contributed by atoms with Gasteiger partial charge in [0.25, 0.3) is 0 Å². The minimum absolute atomic E-state index is 0.509. The molecular weight excluding hydrogens is 158 g/mol. The standard InChI is InChI=1S/C12H15N/c1-9-4-7-12-11(8-9)6-5-10(2)13(12)3/h4-8,10H,1-3H3. The van der Waals surface area contributed by atoms with E-state index >= 15 is 0 Å². The summed E-state index contributed by atoms with van der Waals surface area (Å²) in [6.07, 6.45) is 4.45. The molecule has 1 unspecified atom stereocenters. The summed E-state index contributed by atoms with van der Waals surface area (Å²) in [4.78, 5) is 2.30. The molecule has 1 aromatic carbocycles. The average molecular weight is 173 g/mol. The number of anilines is 1. The molecule has 2 rings (SSSR count). The lowest BCUT2D eigenvalue weighted by atomic mass is 10.0. The largest absolute Gasteiger partial charge is 0.368 e. The minimum atomic E-state index is 0.509. The van der Waals surface area contributed by atoms with Crippen LogP contribution in [0, 0.1) is 6.92 Å². The van der Waals surface area contributed by atoms with Crippen LogP contribution in [0.4, 0.5) is 5.69 Å². The van der Waals surface area contributed by atoms with Gasteiger partial charge < -0.3 is 4.90 Å². The monoisotopic (exact) mass is 173 g/mol. The summed E-state index contributed by atoms with van der Waals surface area (Å²) in [5, 5.41) is 0. The van der Waals surface area contributed by atoms with Crippen LogP contribution < -0.4 is 4.90 Å². The number of fused-ring (bicyclic) bond motifs is 1. The number of hydrogen-bond acceptors (Lipinski definition) is 1. The van der Waals surface area contributed by atoms with E-state index in [-0.39, 0.29) is 0 Å². The first-order valence-corrected chi connectivity index (χ1v) is 4.70. The van der Waals surface area contributed by atoms with Gasteiger partial charge in [-0.15, -0.1) is 0 Å². The number of aryl methyl sites for hydroxylation is 1. The molecule has 13 heavy (non-hydrogen) atoms. The number of hydrogen-bond donors (Lipinski definition) is 0. The fraction of sp³-hybridized carbons (Fsp3) is 0.333. The zero-order valence-corrected chi connectivity index (χ0v) is 8.41. The molecule has 68 valence electrons. The number of nitrogens with zero attached hydrogens (tertiary/aromatic N) is 1. The first-order chi connectivity index (χ1) is 6.18. The molecule has 1 nitrogen and oxygen atoms in total. The summed E-state index contributed by atoms with van der Waals surface area (Å²) >= 11 is 0. The van der Waals surface area contributed by atoms with E-state index in [0.29, 0.717) is 6.04 Å². The van der Waals surface area contributed by atoms with Gasteiger partial charge in [0.2, 0.25) is 0 Å². The lowest BCUT2D eigenvalue weighted by molar-refractivity contribution is 0.817. The van der Waals surface area contributed by atoms with Crippen LogP contribution in [-0.2, 0) is 0 Å². The van der Waals surface area contributed by atoms with Crippen molar-refractivity contribution in [3.8, 4) is 0 Å². The summed E-state index contributed by atoms with van der Waals surface area (Å²) in [5.74, 6) is 0. The molecule has 0 N–H and O–H groups in total. The molecule has 0 aliphatic carbocycles.